The third kappa shape index (κ3) is 3.88. The van der Waals surface area contributed by atoms with E-state index in [9.17, 15) is 18.8 Å². The largest absolute Gasteiger partial charge is 0.318 e. The predicted molar refractivity (Wildman–Crippen MR) is 96.4 cm³/mol. The Labute approximate surface area is 150 Å². The number of nitrogens with one attached hydrogen (secondary N) is 2. The summed E-state index contributed by atoms with van der Waals surface area (Å²) in [6.07, 6.45) is 1.30. The molecule has 2 N–H and O–H groups in total. The highest BCUT2D eigenvalue weighted by Crippen LogP contribution is 2.24. The number of benzene rings is 2. The molecule has 7 heteroatoms. The number of rotatable bonds is 3. The molecule has 0 unspecified atom stereocenters. The van der Waals surface area contributed by atoms with E-state index >= 15 is 0 Å². The molecule has 0 aromatic heterocycles. The highest BCUT2D eigenvalue weighted by atomic mass is 19.1. The highest BCUT2D eigenvalue weighted by Gasteiger charge is 2.22. The van der Waals surface area contributed by atoms with E-state index in [1.807, 2.05) is 0 Å². The van der Waals surface area contributed by atoms with Crippen LogP contribution in [0, 0.1) is 12.7 Å². The Morgan fingerprint density at radius 2 is 1.73 bits per heavy atom. The second-order valence-corrected chi connectivity index (χ2v) is 6.07. The lowest BCUT2D eigenvalue weighted by atomic mass is 10.2. The van der Waals surface area contributed by atoms with E-state index in [-0.39, 0.29) is 11.6 Å². The van der Waals surface area contributed by atoms with E-state index in [1.54, 1.807) is 36.1 Å². The quantitative estimate of drug-likeness (QED) is 0.831. The van der Waals surface area contributed by atoms with Gasteiger partial charge < -0.3 is 15.5 Å². The Bertz CT molecular complexity index is 882. The zero-order valence-electron chi connectivity index (χ0n) is 14.2. The van der Waals surface area contributed by atoms with Crippen molar-refractivity contribution in [2.24, 2.45) is 0 Å². The number of nitrogens with zero attached hydrogens (tertiary/aromatic N) is 1. The van der Waals surface area contributed by atoms with Crippen molar-refractivity contribution in [1.82, 2.24) is 0 Å². The van der Waals surface area contributed by atoms with Gasteiger partial charge in [-0.1, -0.05) is 12.1 Å². The van der Waals surface area contributed by atoms with Crippen LogP contribution in [-0.4, -0.2) is 24.3 Å². The summed E-state index contributed by atoms with van der Waals surface area (Å²) in [5.74, 6) is -2.22. The molecule has 1 heterocycles. The lowest BCUT2D eigenvalue weighted by Gasteiger charge is -2.16. The zero-order chi connectivity index (χ0) is 18.7. The minimum absolute atomic E-state index is 0.0348. The molecule has 26 heavy (non-hydrogen) atoms. The molecule has 1 saturated heterocycles. The van der Waals surface area contributed by atoms with Gasteiger partial charge in [0, 0.05) is 30.0 Å². The van der Waals surface area contributed by atoms with E-state index < -0.39 is 17.6 Å². The molecule has 2 aromatic carbocycles. The Morgan fingerprint density at radius 3 is 2.35 bits per heavy atom. The lowest BCUT2D eigenvalue weighted by molar-refractivity contribution is -0.133. The van der Waals surface area contributed by atoms with Crippen LogP contribution in [0.25, 0.3) is 0 Å². The van der Waals surface area contributed by atoms with Crippen LogP contribution in [0.5, 0.6) is 0 Å². The maximum atomic E-state index is 13.5. The minimum Gasteiger partial charge on any atom is -0.318 e. The van der Waals surface area contributed by atoms with Crippen LogP contribution in [0.1, 0.15) is 18.4 Å². The summed E-state index contributed by atoms with van der Waals surface area (Å²) in [6, 6.07) is 10.9. The van der Waals surface area contributed by atoms with Gasteiger partial charge in [0.15, 0.2) is 0 Å². The monoisotopic (exact) mass is 355 g/mol. The summed E-state index contributed by atoms with van der Waals surface area (Å²) in [7, 11) is 0. The van der Waals surface area contributed by atoms with Crippen molar-refractivity contribution >= 4 is 34.8 Å². The van der Waals surface area contributed by atoms with E-state index in [0.717, 1.165) is 12.5 Å². The summed E-state index contributed by atoms with van der Waals surface area (Å²) in [5, 5.41) is 4.84. The molecule has 0 radical (unpaired) electrons. The second-order valence-electron chi connectivity index (χ2n) is 6.07. The number of amides is 3. The van der Waals surface area contributed by atoms with Crippen molar-refractivity contribution < 1.29 is 18.8 Å². The molecule has 0 spiro atoms. The predicted octanol–water partition coefficient (Wildman–Crippen LogP) is 2.84. The number of carbonyl (C=O) groups is 3. The molecule has 1 aliphatic rings. The Morgan fingerprint density at radius 1 is 1.04 bits per heavy atom. The standard InChI is InChI=1S/C19H18FN3O3/c1-12-7-8-14(11-16(12)20)22-19(26)18(25)21-13-4-2-5-15(10-13)23-9-3-6-17(23)24/h2,4-5,7-8,10-11H,3,6,9H2,1H3,(H,21,25)(H,22,26). The Balaban J connectivity index is 1.66. The van der Waals surface area contributed by atoms with Crippen molar-refractivity contribution in [3.8, 4) is 0 Å². The number of carbonyl (C=O) groups excluding carboxylic acids is 3. The molecule has 0 atom stereocenters. The van der Waals surface area contributed by atoms with E-state index in [1.165, 1.54) is 12.1 Å². The Hall–Kier alpha value is -3.22. The fraction of sp³-hybridized carbons (Fsp3) is 0.211. The second kappa shape index (κ2) is 7.35. The van der Waals surface area contributed by atoms with Gasteiger partial charge in [0.05, 0.1) is 0 Å². The van der Waals surface area contributed by atoms with Gasteiger partial charge in [0.2, 0.25) is 5.91 Å². The first-order valence-electron chi connectivity index (χ1n) is 8.23. The summed E-state index contributed by atoms with van der Waals surface area (Å²) in [5.41, 5.74) is 1.72. The van der Waals surface area contributed by atoms with Crippen molar-refractivity contribution in [2.75, 3.05) is 22.1 Å². The van der Waals surface area contributed by atoms with Crippen molar-refractivity contribution in [2.45, 2.75) is 19.8 Å². The van der Waals surface area contributed by atoms with E-state index in [4.69, 9.17) is 0 Å². The van der Waals surface area contributed by atoms with Gasteiger partial charge in [0.1, 0.15) is 5.82 Å². The van der Waals surface area contributed by atoms with Crippen LogP contribution in [0.3, 0.4) is 0 Å². The normalized spacial score (nSPS) is 13.6. The van der Waals surface area contributed by atoms with Crippen LogP contribution in [-0.2, 0) is 14.4 Å². The number of halogens is 1. The number of aryl methyl sites for hydroxylation is 1. The van der Waals surface area contributed by atoms with Gasteiger partial charge >= 0.3 is 11.8 Å². The van der Waals surface area contributed by atoms with Crippen LogP contribution < -0.4 is 15.5 Å². The van der Waals surface area contributed by atoms with Crippen LogP contribution in [0.15, 0.2) is 42.5 Å². The fourth-order valence-corrected chi connectivity index (χ4v) is 2.72. The lowest BCUT2D eigenvalue weighted by Crippen LogP contribution is -2.29. The summed E-state index contributed by atoms with van der Waals surface area (Å²) < 4.78 is 13.5. The fourth-order valence-electron chi connectivity index (χ4n) is 2.72. The molecule has 0 bridgehead atoms. The first-order valence-corrected chi connectivity index (χ1v) is 8.23. The summed E-state index contributed by atoms with van der Waals surface area (Å²) >= 11 is 0. The van der Waals surface area contributed by atoms with Gasteiger partial charge in [-0.05, 0) is 49.2 Å². The van der Waals surface area contributed by atoms with Gasteiger partial charge in [-0.25, -0.2) is 4.39 Å². The van der Waals surface area contributed by atoms with Crippen molar-refractivity contribution in [1.29, 1.82) is 0 Å². The van der Waals surface area contributed by atoms with E-state index in [0.29, 0.717) is 29.9 Å². The first-order chi connectivity index (χ1) is 12.4. The number of anilines is 3. The molecule has 3 amide bonds. The van der Waals surface area contributed by atoms with Gasteiger partial charge in [-0.3, -0.25) is 14.4 Å². The number of hydrogen-bond donors (Lipinski definition) is 2. The maximum absolute atomic E-state index is 13.5. The third-order valence-corrected chi connectivity index (χ3v) is 4.13. The van der Waals surface area contributed by atoms with E-state index in [2.05, 4.69) is 10.6 Å². The topological polar surface area (TPSA) is 78.5 Å². The first kappa shape index (κ1) is 17.6. The smallest absolute Gasteiger partial charge is 0.314 e. The van der Waals surface area contributed by atoms with Gasteiger partial charge in [-0.2, -0.15) is 0 Å². The third-order valence-electron chi connectivity index (χ3n) is 4.13. The Kier molecular flexibility index (Phi) is 4.97. The minimum atomic E-state index is -0.907. The van der Waals surface area contributed by atoms with Crippen molar-refractivity contribution in [3.63, 3.8) is 0 Å². The van der Waals surface area contributed by atoms with Crippen LogP contribution in [0.4, 0.5) is 21.5 Å². The average molecular weight is 355 g/mol. The summed E-state index contributed by atoms with van der Waals surface area (Å²) in [4.78, 5) is 37.5. The molecule has 6 nitrogen and oxygen atoms in total. The molecule has 134 valence electrons. The van der Waals surface area contributed by atoms with Crippen LogP contribution >= 0.6 is 0 Å². The average Bonchev–Trinajstić information content (AvgIpc) is 3.04. The highest BCUT2D eigenvalue weighted by molar-refractivity contribution is 6.43. The molecule has 1 aliphatic heterocycles. The molecular weight excluding hydrogens is 337 g/mol. The van der Waals surface area contributed by atoms with Gasteiger partial charge in [0.25, 0.3) is 0 Å². The molecule has 0 saturated carbocycles. The number of hydrogen-bond acceptors (Lipinski definition) is 3. The van der Waals surface area contributed by atoms with Crippen LogP contribution in [0.2, 0.25) is 0 Å². The maximum Gasteiger partial charge on any atom is 0.314 e. The molecule has 1 fully saturated rings. The summed E-state index contributed by atoms with van der Waals surface area (Å²) in [6.45, 7) is 2.24. The SMILES string of the molecule is Cc1ccc(NC(=O)C(=O)Nc2cccc(N3CCCC3=O)c2)cc1F. The van der Waals surface area contributed by atoms with Gasteiger partial charge in [-0.15, -0.1) is 0 Å². The molecule has 2 aromatic rings. The molecular formula is C19H18FN3O3. The molecule has 3 rings (SSSR count). The van der Waals surface area contributed by atoms with Crippen molar-refractivity contribution in [3.05, 3.63) is 53.8 Å². The zero-order valence-corrected chi connectivity index (χ0v) is 14.2. The molecule has 0 aliphatic carbocycles.